The number of nitrogens with one attached hydrogen (secondary N) is 1. The predicted molar refractivity (Wildman–Crippen MR) is 48.0 cm³/mol. The third-order valence-corrected chi connectivity index (χ3v) is 2.42. The summed E-state index contributed by atoms with van der Waals surface area (Å²) in [4.78, 5) is 10.6. The van der Waals surface area contributed by atoms with Crippen molar-refractivity contribution in [2.75, 3.05) is 6.61 Å². The van der Waals surface area contributed by atoms with E-state index in [2.05, 4.69) is 4.74 Å². The largest absolute Gasteiger partial charge is 0.471 e. The van der Waals surface area contributed by atoms with Crippen LogP contribution in [-0.4, -0.2) is 69.8 Å². The van der Waals surface area contributed by atoms with Gasteiger partial charge in [0.05, 0.1) is 6.61 Å². The van der Waals surface area contributed by atoms with Crippen molar-refractivity contribution in [3.63, 3.8) is 0 Å². The summed E-state index contributed by atoms with van der Waals surface area (Å²) in [5.74, 6) is -2.37. The SMILES string of the molecule is O=C(N[C@H]1O[C@H](CO)[C@@H](O)[C@H](O)[C@H]1O)C(F)(F)F. The fourth-order valence-corrected chi connectivity index (χ4v) is 1.43. The minimum atomic E-state index is -5.18. The molecule has 1 aliphatic rings. The van der Waals surface area contributed by atoms with Crippen molar-refractivity contribution in [3.8, 4) is 0 Å². The maximum Gasteiger partial charge on any atom is 0.471 e. The van der Waals surface area contributed by atoms with Gasteiger partial charge in [0.25, 0.3) is 0 Å². The molecule has 0 saturated carbocycles. The summed E-state index contributed by atoms with van der Waals surface area (Å²) < 4.78 is 40.6. The zero-order valence-corrected chi connectivity index (χ0v) is 8.83. The molecule has 0 aromatic heterocycles. The Balaban J connectivity index is 2.74. The van der Waals surface area contributed by atoms with Crippen LogP contribution in [0.1, 0.15) is 0 Å². The minimum Gasteiger partial charge on any atom is -0.394 e. The molecular weight excluding hydrogens is 263 g/mol. The highest BCUT2D eigenvalue weighted by Crippen LogP contribution is 2.21. The Morgan fingerprint density at radius 3 is 2.17 bits per heavy atom. The molecule has 5 N–H and O–H groups in total. The summed E-state index contributed by atoms with van der Waals surface area (Å²) in [7, 11) is 0. The zero-order valence-electron chi connectivity index (χ0n) is 8.83. The smallest absolute Gasteiger partial charge is 0.394 e. The number of ether oxygens (including phenoxy) is 1. The van der Waals surface area contributed by atoms with Gasteiger partial charge in [-0.1, -0.05) is 0 Å². The van der Waals surface area contributed by atoms with Crippen LogP contribution in [0.5, 0.6) is 0 Å². The van der Waals surface area contributed by atoms with Crippen LogP contribution in [0.2, 0.25) is 0 Å². The third-order valence-electron chi connectivity index (χ3n) is 2.42. The molecular formula is C8H12F3NO6. The van der Waals surface area contributed by atoms with Crippen LogP contribution in [0, 0.1) is 0 Å². The van der Waals surface area contributed by atoms with E-state index in [1.54, 1.807) is 0 Å². The van der Waals surface area contributed by atoms with E-state index in [1.165, 1.54) is 5.32 Å². The van der Waals surface area contributed by atoms with Gasteiger partial charge in [-0.25, -0.2) is 0 Å². The van der Waals surface area contributed by atoms with Crippen molar-refractivity contribution in [2.45, 2.75) is 36.8 Å². The molecule has 0 aromatic carbocycles. The van der Waals surface area contributed by atoms with Crippen LogP contribution < -0.4 is 5.32 Å². The third kappa shape index (κ3) is 3.09. The second-order valence-corrected chi connectivity index (χ2v) is 3.72. The van der Waals surface area contributed by atoms with E-state index >= 15 is 0 Å². The van der Waals surface area contributed by atoms with E-state index in [9.17, 15) is 33.3 Å². The Hall–Kier alpha value is -0.940. The quantitative estimate of drug-likeness (QED) is 0.379. The molecule has 0 unspecified atom stereocenters. The predicted octanol–water partition coefficient (Wildman–Crippen LogP) is -2.54. The van der Waals surface area contributed by atoms with Gasteiger partial charge in [-0.3, -0.25) is 4.79 Å². The molecule has 7 nitrogen and oxygen atoms in total. The van der Waals surface area contributed by atoms with Crippen molar-refractivity contribution in [1.29, 1.82) is 0 Å². The lowest BCUT2D eigenvalue weighted by molar-refractivity contribution is -0.240. The van der Waals surface area contributed by atoms with Gasteiger partial charge in [0, 0.05) is 0 Å². The van der Waals surface area contributed by atoms with Crippen LogP contribution >= 0.6 is 0 Å². The van der Waals surface area contributed by atoms with Crippen molar-refractivity contribution in [1.82, 2.24) is 5.32 Å². The standard InChI is InChI=1S/C8H12F3NO6/c9-8(10,11)7(17)12-6-5(16)4(15)3(14)2(1-13)18-6/h2-6,13-16H,1H2,(H,12,17)/t2-,3-,4+,5-,6+/m1/s1. The molecule has 1 heterocycles. The number of rotatable bonds is 2. The lowest BCUT2D eigenvalue weighted by Gasteiger charge is -2.40. The Morgan fingerprint density at radius 2 is 1.72 bits per heavy atom. The van der Waals surface area contributed by atoms with Crippen molar-refractivity contribution in [2.24, 2.45) is 0 Å². The number of aliphatic hydroxyl groups excluding tert-OH is 4. The first-order chi connectivity index (χ1) is 8.18. The van der Waals surface area contributed by atoms with Crippen molar-refractivity contribution in [3.05, 3.63) is 0 Å². The number of hydrogen-bond acceptors (Lipinski definition) is 6. The average Bonchev–Trinajstić information content (AvgIpc) is 2.28. The van der Waals surface area contributed by atoms with Crippen LogP contribution in [0.4, 0.5) is 13.2 Å². The van der Waals surface area contributed by atoms with Gasteiger partial charge >= 0.3 is 12.1 Å². The van der Waals surface area contributed by atoms with Gasteiger partial charge < -0.3 is 30.5 Å². The summed E-state index contributed by atoms with van der Waals surface area (Å²) >= 11 is 0. The molecule has 0 radical (unpaired) electrons. The molecule has 10 heteroatoms. The van der Waals surface area contributed by atoms with Crippen molar-refractivity contribution < 1.29 is 43.1 Å². The minimum absolute atomic E-state index is 0.802. The Bertz CT molecular complexity index is 310. The fourth-order valence-electron chi connectivity index (χ4n) is 1.43. The number of alkyl halides is 3. The topological polar surface area (TPSA) is 119 Å². The maximum atomic E-state index is 12.0. The second-order valence-electron chi connectivity index (χ2n) is 3.72. The first-order valence-corrected chi connectivity index (χ1v) is 4.86. The number of carbonyl (C=O) groups is 1. The molecule has 5 atom stereocenters. The molecule has 0 bridgehead atoms. The molecule has 0 aromatic rings. The number of aliphatic hydroxyl groups is 4. The van der Waals surface area contributed by atoms with Crippen LogP contribution in [0.3, 0.4) is 0 Å². The number of halogens is 3. The van der Waals surface area contributed by atoms with Gasteiger partial charge in [0.2, 0.25) is 0 Å². The van der Waals surface area contributed by atoms with Gasteiger partial charge in [-0.15, -0.1) is 0 Å². The molecule has 0 spiro atoms. The normalized spacial score (nSPS) is 37.4. The second kappa shape index (κ2) is 5.36. The Morgan fingerprint density at radius 1 is 1.17 bits per heavy atom. The first-order valence-electron chi connectivity index (χ1n) is 4.86. The molecule has 1 fully saturated rings. The van der Waals surface area contributed by atoms with E-state index < -0.39 is 49.3 Å². The molecule has 0 aliphatic carbocycles. The van der Waals surface area contributed by atoms with E-state index in [0.717, 1.165) is 0 Å². The fraction of sp³-hybridized carbons (Fsp3) is 0.875. The number of hydrogen-bond donors (Lipinski definition) is 5. The maximum absolute atomic E-state index is 12.0. The summed E-state index contributed by atoms with van der Waals surface area (Å²) in [5.41, 5.74) is 0. The van der Waals surface area contributed by atoms with Gasteiger partial charge in [-0.2, -0.15) is 13.2 Å². The molecule has 18 heavy (non-hydrogen) atoms. The lowest BCUT2D eigenvalue weighted by Crippen LogP contribution is -2.64. The number of amides is 1. The van der Waals surface area contributed by atoms with E-state index in [-0.39, 0.29) is 0 Å². The van der Waals surface area contributed by atoms with E-state index in [4.69, 9.17) is 5.11 Å². The Labute approximate surface area is 98.8 Å². The average molecular weight is 275 g/mol. The zero-order chi connectivity index (χ0) is 14.1. The summed E-state index contributed by atoms with van der Waals surface area (Å²) in [6.07, 6.45) is -14.0. The van der Waals surface area contributed by atoms with E-state index in [0.29, 0.717) is 0 Å². The molecule has 1 saturated heterocycles. The van der Waals surface area contributed by atoms with E-state index in [1.807, 2.05) is 0 Å². The van der Waals surface area contributed by atoms with Gasteiger partial charge in [0.1, 0.15) is 24.4 Å². The summed E-state index contributed by atoms with van der Waals surface area (Å²) in [5, 5.41) is 38.0. The highest BCUT2D eigenvalue weighted by molar-refractivity contribution is 5.81. The van der Waals surface area contributed by atoms with Crippen molar-refractivity contribution >= 4 is 5.91 Å². The van der Waals surface area contributed by atoms with Gasteiger partial charge in [0.15, 0.2) is 6.23 Å². The molecule has 1 rings (SSSR count). The first kappa shape index (κ1) is 15.1. The van der Waals surface area contributed by atoms with Crippen LogP contribution in [0.25, 0.3) is 0 Å². The Kier molecular flexibility index (Phi) is 4.50. The summed E-state index contributed by atoms with van der Waals surface area (Å²) in [6.45, 7) is -0.802. The van der Waals surface area contributed by atoms with Gasteiger partial charge in [-0.05, 0) is 0 Å². The molecule has 1 aliphatic heterocycles. The highest BCUT2D eigenvalue weighted by Gasteiger charge is 2.47. The van der Waals surface area contributed by atoms with Crippen LogP contribution in [0.15, 0.2) is 0 Å². The molecule has 106 valence electrons. The summed E-state index contributed by atoms with van der Waals surface area (Å²) in [6, 6.07) is 0. The van der Waals surface area contributed by atoms with Crippen LogP contribution in [-0.2, 0) is 9.53 Å². The molecule has 1 amide bonds. The monoisotopic (exact) mass is 275 g/mol. The highest BCUT2D eigenvalue weighted by atomic mass is 19.4. The lowest BCUT2D eigenvalue weighted by atomic mass is 9.98. The number of carbonyl (C=O) groups excluding carboxylic acids is 1.